The third kappa shape index (κ3) is 2.35. The van der Waals surface area contributed by atoms with Crippen LogP contribution < -0.4 is 5.73 Å². The molecule has 2 amide bonds. The van der Waals surface area contributed by atoms with Gasteiger partial charge in [0.2, 0.25) is 5.91 Å². The highest BCUT2D eigenvalue weighted by molar-refractivity contribution is 5.96. The van der Waals surface area contributed by atoms with Gasteiger partial charge in [-0.2, -0.15) is 0 Å². The summed E-state index contributed by atoms with van der Waals surface area (Å²) in [6, 6.07) is 5.89. The maximum absolute atomic E-state index is 13.0. The first kappa shape index (κ1) is 15.4. The predicted molar refractivity (Wildman–Crippen MR) is 90.3 cm³/mol. The minimum Gasteiger partial charge on any atom is -0.381 e. The summed E-state index contributed by atoms with van der Waals surface area (Å²) in [5.74, 6) is -0.308. The van der Waals surface area contributed by atoms with E-state index in [-0.39, 0.29) is 17.7 Å². The van der Waals surface area contributed by atoms with Crippen LogP contribution >= 0.6 is 0 Å². The van der Waals surface area contributed by atoms with E-state index in [0.717, 1.165) is 12.8 Å². The molecule has 126 valence electrons. The highest BCUT2D eigenvalue weighted by Gasteiger charge is 2.53. The molecule has 2 fully saturated rings. The number of fused-ring (bicyclic) bond motifs is 2. The molecule has 5 heteroatoms. The topological polar surface area (TPSA) is 72.6 Å². The summed E-state index contributed by atoms with van der Waals surface area (Å²) in [4.78, 5) is 26.8. The first-order chi connectivity index (χ1) is 11.6. The van der Waals surface area contributed by atoms with E-state index in [1.54, 1.807) is 4.90 Å². The summed E-state index contributed by atoms with van der Waals surface area (Å²) in [6.07, 6.45) is 6.85. The van der Waals surface area contributed by atoms with Crippen molar-refractivity contribution in [1.29, 1.82) is 0 Å². The van der Waals surface area contributed by atoms with Gasteiger partial charge < -0.3 is 15.4 Å². The number of benzene rings is 1. The Hall–Kier alpha value is -2.14. The van der Waals surface area contributed by atoms with Crippen molar-refractivity contribution in [2.75, 3.05) is 26.3 Å². The summed E-state index contributed by atoms with van der Waals surface area (Å²) in [5.41, 5.74) is 8.18. The predicted octanol–water partition coefficient (Wildman–Crippen LogP) is 1.61. The maximum atomic E-state index is 13.0. The number of nitrogens with two attached hydrogens (primary N) is 1. The number of hydrogen-bond donors (Lipinski definition) is 1. The molecule has 3 aliphatic rings. The molecule has 2 atom stereocenters. The van der Waals surface area contributed by atoms with Gasteiger partial charge in [-0.25, -0.2) is 0 Å². The molecule has 24 heavy (non-hydrogen) atoms. The van der Waals surface area contributed by atoms with Crippen molar-refractivity contribution >= 4 is 17.9 Å². The molecule has 2 N–H and O–H groups in total. The molecule has 2 saturated heterocycles. The number of amides is 2. The third-order valence-corrected chi connectivity index (χ3v) is 5.75. The van der Waals surface area contributed by atoms with E-state index < -0.39 is 5.41 Å². The largest absolute Gasteiger partial charge is 0.381 e. The van der Waals surface area contributed by atoms with Crippen LogP contribution in [0.3, 0.4) is 0 Å². The van der Waals surface area contributed by atoms with E-state index in [0.29, 0.717) is 38.3 Å². The molecule has 0 unspecified atom stereocenters. The maximum Gasteiger partial charge on any atom is 0.253 e. The zero-order valence-corrected chi connectivity index (χ0v) is 13.7. The summed E-state index contributed by atoms with van der Waals surface area (Å²) in [5, 5.41) is 0. The van der Waals surface area contributed by atoms with Crippen LogP contribution in [0.1, 0.15) is 34.3 Å². The van der Waals surface area contributed by atoms with Gasteiger partial charge in [-0.1, -0.05) is 18.2 Å². The van der Waals surface area contributed by atoms with Gasteiger partial charge in [0, 0.05) is 31.2 Å². The normalized spacial score (nSPS) is 28.3. The second-order valence-corrected chi connectivity index (χ2v) is 7.08. The van der Waals surface area contributed by atoms with Crippen molar-refractivity contribution in [1.82, 2.24) is 4.90 Å². The lowest BCUT2D eigenvalue weighted by atomic mass is 9.74. The Kier molecular flexibility index (Phi) is 3.68. The lowest BCUT2D eigenvalue weighted by molar-refractivity contribution is -0.135. The Balaban J connectivity index is 1.59. The average Bonchev–Trinajstić information content (AvgIpc) is 3.02. The van der Waals surface area contributed by atoms with Gasteiger partial charge in [0.05, 0.1) is 12.0 Å². The van der Waals surface area contributed by atoms with E-state index in [4.69, 9.17) is 10.5 Å². The van der Waals surface area contributed by atoms with Crippen LogP contribution in [-0.4, -0.2) is 43.0 Å². The van der Waals surface area contributed by atoms with Crippen LogP contribution in [0.4, 0.5) is 0 Å². The average molecular weight is 326 g/mol. The molecule has 5 nitrogen and oxygen atoms in total. The molecule has 0 aromatic heterocycles. The molecular weight excluding hydrogens is 304 g/mol. The Morgan fingerprint density at radius 1 is 1.33 bits per heavy atom. The number of hydrogen-bond acceptors (Lipinski definition) is 3. The van der Waals surface area contributed by atoms with Crippen molar-refractivity contribution in [3.63, 3.8) is 0 Å². The van der Waals surface area contributed by atoms with Gasteiger partial charge in [0.15, 0.2) is 0 Å². The highest BCUT2D eigenvalue weighted by atomic mass is 16.5. The van der Waals surface area contributed by atoms with Gasteiger partial charge in [0.1, 0.15) is 0 Å². The fourth-order valence-electron chi connectivity index (χ4n) is 4.26. The second-order valence-electron chi connectivity index (χ2n) is 7.08. The highest BCUT2D eigenvalue weighted by Crippen LogP contribution is 2.42. The Morgan fingerprint density at radius 2 is 2.21 bits per heavy atom. The van der Waals surface area contributed by atoms with Crippen LogP contribution in [0, 0.1) is 11.3 Å². The van der Waals surface area contributed by atoms with Crippen LogP contribution in [0.15, 0.2) is 24.3 Å². The van der Waals surface area contributed by atoms with E-state index in [2.05, 4.69) is 12.2 Å². The second kappa shape index (κ2) is 5.74. The van der Waals surface area contributed by atoms with Crippen LogP contribution in [0.2, 0.25) is 0 Å². The number of carbonyl (C=O) groups excluding carboxylic acids is 2. The Labute approximate surface area is 141 Å². The molecule has 0 saturated carbocycles. The van der Waals surface area contributed by atoms with Gasteiger partial charge >= 0.3 is 0 Å². The van der Waals surface area contributed by atoms with Gasteiger partial charge in [-0.3, -0.25) is 9.59 Å². The van der Waals surface area contributed by atoms with Crippen molar-refractivity contribution in [3.8, 4) is 0 Å². The molecule has 0 spiro atoms. The molecular formula is C19H22N2O3. The number of ether oxygens (including phenoxy) is 1. The minimum absolute atomic E-state index is 0.00765. The SMILES string of the molecule is NC(=O)[C@]12CCOC[C@H]1CN(C(=O)c1ccc3c(c1)CCC=C3)C2. The van der Waals surface area contributed by atoms with Crippen molar-refractivity contribution in [3.05, 3.63) is 41.0 Å². The molecule has 4 rings (SSSR count). The number of rotatable bonds is 2. The minimum atomic E-state index is -0.620. The summed E-state index contributed by atoms with van der Waals surface area (Å²) < 4.78 is 5.51. The third-order valence-electron chi connectivity index (χ3n) is 5.75. The summed E-state index contributed by atoms with van der Waals surface area (Å²) in [6.45, 7) is 1.99. The molecule has 0 bridgehead atoms. The Morgan fingerprint density at radius 3 is 3.00 bits per heavy atom. The van der Waals surface area contributed by atoms with E-state index in [1.165, 1.54) is 11.1 Å². The van der Waals surface area contributed by atoms with Crippen LogP contribution in [-0.2, 0) is 16.0 Å². The van der Waals surface area contributed by atoms with Crippen LogP contribution in [0.25, 0.3) is 6.08 Å². The number of allylic oxidation sites excluding steroid dienone is 1. The first-order valence-corrected chi connectivity index (χ1v) is 8.56. The molecule has 0 radical (unpaired) electrons. The molecule has 1 aromatic carbocycles. The molecule has 1 aliphatic carbocycles. The van der Waals surface area contributed by atoms with Crippen molar-refractivity contribution in [2.24, 2.45) is 17.1 Å². The fourth-order valence-corrected chi connectivity index (χ4v) is 4.26. The molecule has 2 aliphatic heterocycles. The fraction of sp³-hybridized carbons (Fsp3) is 0.474. The van der Waals surface area contributed by atoms with Crippen molar-refractivity contribution in [2.45, 2.75) is 19.3 Å². The summed E-state index contributed by atoms with van der Waals surface area (Å²) >= 11 is 0. The zero-order valence-electron chi connectivity index (χ0n) is 13.7. The van der Waals surface area contributed by atoms with Gasteiger partial charge in [-0.15, -0.1) is 0 Å². The first-order valence-electron chi connectivity index (χ1n) is 8.56. The smallest absolute Gasteiger partial charge is 0.253 e. The van der Waals surface area contributed by atoms with Gasteiger partial charge in [-0.05, 0) is 42.5 Å². The van der Waals surface area contributed by atoms with E-state index in [9.17, 15) is 9.59 Å². The lowest BCUT2D eigenvalue weighted by Crippen LogP contribution is -2.48. The molecule has 2 heterocycles. The quantitative estimate of drug-likeness (QED) is 0.897. The number of likely N-dealkylation sites (tertiary alicyclic amines) is 1. The van der Waals surface area contributed by atoms with Crippen molar-refractivity contribution < 1.29 is 14.3 Å². The standard InChI is InChI=1S/C19H22N2O3/c20-18(23)19-7-8-24-11-16(19)10-21(12-19)17(22)15-6-5-13-3-1-2-4-14(13)9-15/h1,3,5-6,9,16H,2,4,7-8,10-12H2,(H2,20,23)/t16-,19+/m1/s1. The van der Waals surface area contributed by atoms with E-state index >= 15 is 0 Å². The summed E-state index contributed by atoms with van der Waals surface area (Å²) in [7, 11) is 0. The number of nitrogens with zero attached hydrogens (tertiary/aromatic N) is 1. The van der Waals surface area contributed by atoms with Crippen LogP contribution in [0.5, 0.6) is 0 Å². The zero-order chi connectivity index (χ0) is 16.7. The number of aryl methyl sites for hydroxylation is 1. The Bertz CT molecular complexity index is 727. The monoisotopic (exact) mass is 326 g/mol. The van der Waals surface area contributed by atoms with Gasteiger partial charge in [0.25, 0.3) is 5.91 Å². The number of carbonyl (C=O) groups is 2. The molecule has 1 aromatic rings. The van der Waals surface area contributed by atoms with E-state index in [1.807, 2.05) is 18.2 Å². The number of primary amides is 1. The lowest BCUT2D eigenvalue weighted by Gasteiger charge is -2.34.